The van der Waals surface area contributed by atoms with Gasteiger partial charge in [-0.2, -0.15) is 0 Å². The Bertz CT molecular complexity index is 546. The van der Waals surface area contributed by atoms with Crippen LogP contribution < -0.4 is 5.43 Å². The lowest BCUT2D eigenvalue weighted by Gasteiger charge is -2.11. The lowest BCUT2D eigenvalue weighted by molar-refractivity contribution is 0.0662. The van der Waals surface area contributed by atoms with E-state index in [2.05, 4.69) is 5.43 Å². The van der Waals surface area contributed by atoms with Crippen molar-refractivity contribution >= 4 is 16.9 Å². The summed E-state index contributed by atoms with van der Waals surface area (Å²) < 4.78 is 5.33. The van der Waals surface area contributed by atoms with Crippen LogP contribution >= 0.6 is 0 Å². The monoisotopic (exact) mass is 234 g/mol. The van der Waals surface area contributed by atoms with Gasteiger partial charge in [-0.25, -0.2) is 4.79 Å². The molecule has 5 nitrogen and oxygen atoms in total. The summed E-state index contributed by atoms with van der Waals surface area (Å²) in [7, 11) is 3.70. The van der Waals surface area contributed by atoms with E-state index in [0.717, 1.165) is 5.39 Å². The van der Waals surface area contributed by atoms with Gasteiger partial charge in [0.2, 0.25) is 5.76 Å². The summed E-state index contributed by atoms with van der Waals surface area (Å²) in [5.41, 5.74) is 4.31. The summed E-state index contributed by atoms with van der Waals surface area (Å²) in [6.45, 7) is 0.422. The molecule has 0 radical (unpaired) electrons. The van der Waals surface area contributed by atoms with Gasteiger partial charge in [-0.05, 0) is 6.07 Å². The van der Waals surface area contributed by atoms with Crippen LogP contribution in [0.25, 0.3) is 11.0 Å². The van der Waals surface area contributed by atoms with Gasteiger partial charge >= 0.3 is 5.97 Å². The predicted octanol–water partition coefficient (Wildman–Crippen LogP) is 1.70. The Hall–Kier alpha value is -1.85. The second-order valence-corrected chi connectivity index (χ2v) is 3.94. The standard InChI is InChI=1S/C12H14N2O3/c1-14(2)13-7-9-8-5-3-4-6-10(8)17-11(9)12(15)16/h3-6,13H,7H2,1-2H3,(H,15,16). The van der Waals surface area contributed by atoms with Crippen LogP contribution in [-0.4, -0.2) is 30.2 Å². The molecule has 1 aromatic carbocycles. The molecule has 2 N–H and O–H groups in total. The Morgan fingerprint density at radius 3 is 2.76 bits per heavy atom. The highest BCUT2D eigenvalue weighted by Crippen LogP contribution is 2.25. The number of carboxylic acid groups (broad SMARTS) is 1. The molecule has 0 amide bonds. The highest BCUT2D eigenvalue weighted by molar-refractivity contribution is 5.95. The molecule has 2 aromatic rings. The Kier molecular flexibility index (Phi) is 3.12. The van der Waals surface area contributed by atoms with Crippen LogP contribution in [0.15, 0.2) is 28.7 Å². The predicted molar refractivity (Wildman–Crippen MR) is 63.7 cm³/mol. The normalized spacial score (nSPS) is 11.2. The number of furan rings is 1. The van der Waals surface area contributed by atoms with Gasteiger partial charge in [0.1, 0.15) is 5.58 Å². The third-order valence-electron chi connectivity index (χ3n) is 2.46. The fourth-order valence-electron chi connectivity index (χ4n) is 1.68. The number of nitrogens with one attached hydrogen (secondary N) is 1. The number of fused-ring (bicyclic) bond motifs is 1. The van der Waals surface area contributed by atoms with Gasteiger partial charge in [0.05, 0.1) is 0 Å². The quantitative estimate of drug-likeness (QED) is 0.788. The molecular weight excluding hydrogens is 220 g/mol. The van der Waals surface area contributed by atoms with Crippen molar-refractivity contribution < 1.29 is 14.3 Å². The van der Waals surface area contributed by atoms with Crippen LogP contribution in [-0.2, 0) is 6.54 Å². The van der Waals surface area contributed by atoms with E-state index in [4.69, 9.17) is 9.52 Å². The van der Waals surface area contributed by atoms with Crippen LogP contribution in [0.5, 0.6) is 0 Å². The highest BCUT2D eigenvalue weighted by Gasteiger charge is 2.19. The molecule has 0 fully saturated rings. The molecule has 0 aliphatic rings. The van der Waals surface area contributed by atoms with E-state index in [-0.39, 0.29) is 5.76 Å². The largest absolute Gasteiger partial charge is 0.475 e. The van der Waals surface area contributed by atoms with Crippen molar-refractivity contribution in [3.8, 4) is 0 Å². The van der Waals surface area contributed by atoms with E-state index in [1.807, 2.05) is 32.3 Å². The lowest BCUT2D eigenvalue weighted by atomic mass is 10.1. The number of para-hydroxylation sites is 1. The zero-order valence-electron chi connectivity index (χ0n) is 9.73. The first kappa shape index (κ1) is 11.6. The molecule has 0 aliphatic carbocycles. The minimum atomic E-state index is -1.04. The van der Waals surface area contributed by atoms with Gasteiger partial charge in [0.15, 0.2) is 0 Å². The Labute approximate surface area is 98.6 Å². The van der Waals surface area contributed by atoms with E-state index in [1.54, 1.807) is 11.1 Å². The minimum absolute atomic E-state index is 0.000509. The first-order valence-electron chi connectivity index (χ1n) is 5.24. The fraction of sp³-hybridized carbons (Fsp3) is 0.250. The van der Waals surface area contributed by atoms with E-state index in [9.17, 15) is 4.79 Å². The van der Waals surface area contributed by atoms with Crippen molar-refractivity contribution in [2.45, 2.75) is 6.54 Å². The van der Waals surface area contributed by atoms with Crippen molar-refractivity contribution in [3.63, 3.8) is 0 Å². The van der Waals surface area contributed by atoms with Crippen molar-refractivity contribution in [2.75, 3.05) is 14.1 Å². The first-order chi connectivity index (χ1) is 8.09. The molecule has 1 aromatic heterocycles. The van der Waals surface area contributed by atoms with Crippen LogP contribution in [0.1, 0.15) is 16.1 Å². The topological polar surface area (TPSA) is 65.7 Å². The highest BCUT2D eigenvalue weighted by atomic mass is 16.4. The SMILES string of the molecule is CN(C)NCc1c(C(=O)O)oc2ccccc12. The van der Waals surface area contributed by atoms with Gasteiger partial charge in [-0.15, -0.1) is 0 Å². The average molecular weight is 234 g/mol. The molecular formula is C12H14N2O3. The Morgan fingerprint density at radius 2 is 2.12 bits per heavy atom. The van der Waals surface area contributed by atoms with Crippen LogP contribution in [0.3, 0.4) is 0 Å². The lowest BCUT2D eigenvalue weighted by Crippen LogP contribution is -2.30. The van der Waals surface area contributed by atoms with Crippen LogP contribution in [0, 0.1) is 0 Å². The molecule has 0 saturated carbocycles. The number of carboxylic acids is 1. The molecule has 90 valence electrons. The summed E-state index contributed by atoms with van der Waals surface area (Å²) in [5, 5.41) is 11.7. The second-order valence-electron chi connectivity index (χ2n) is 3.94. The number of carbonyl (C=O) groups is 1. The van der Waals surface area contributed by atoms with Crippen molar-refractivity contribution in [2.24, 2.45) is 0 Å². The third kappa shape index (κ3) is 2.30. The summed E-state index contributed by atoms with van der Waals surface area (Å²) >= 11 is 0. The number of aromatic carboxylic acids is 1. The summed E-state index contributed by atoms with van der Waals surface area (Å²) in [6, 6.07) is 7.31. The summed E-state index contributed by atoms with van der Waals surface area (Å²) in [4.78, 5) is 11.1. The van der Waals surface area contributed by atoms with Gasteiger partial charge in [-0.3, -0.25) is 10.4 Å². The number of hydrazine groups is 1. The maximum atomic E-state index is 11.1. The molecule has 17 heavy (non-hydrogen) atoms. The summed E-state index contributed by atoms with van der Waals surface area (Å²) in [6.07, 6.45) is 0. The molecule has 0 bridgehead atoms. The molecule has 2 rings (SSSR count). The van der Waals surface area contributed by atoms with E-state index in [0.29, 0.717) is 17.7 Å². The maximum absolute atomic E-state index is 11.1. The average Bonchev–Trinajstić information content (AvgIpc) is 2.65. The maximum Gasteiger partial charge on any atom is 0.372 e. The number of nitrogens with zero attached hydrogens (tertiary/aromatic N) is 1. The van der Waals surface area contributed by atoms with Crippen molar-refractivity contribution in [1.82, 2.24) is 10.4 Å². The van der Waals surface area contributed by atoms with Gasteiger partial charge in [0, 0.05) is 31.6 Å². The van der Waals surface area contributed by atoms with E-state index < -0.39 is 5.97 Å². The fourth-order valence-corrected chi connectivity index (χ4v) is 1.68. The number of hydrogen-bond donors (Lipinski definition) is 2. The Balaban J connectivity index is 2.48. The molecule has 0 saturated heterocycles. The molecule has 0 spiro atoms. The van der Waals surface area contributed by atoms with Gasteiger partial charge < -0.3 is 9.52 Å². The molecule has 5 heteroatoms. The Morgan fingerprint density at radius 1 is 1.41 bits per heavy atom. The number of benzene rings is 1. The zero-order valence-corrected chi connectivity index (χ0v) is 9.73. The van der Waals surface area contributed by atoms with E-state index >= 15 is 0 Å². The molecule has 0 atom stereocenters. The minimum Gasteiger partial charge on any atom is -0.475 e. The van der Waals surface area contributed by atoms with Gasteiger partial charge in [-0.1, -0.05) is 18.2 Å². The van der Waals surface area contributed by atoms with Crippen molar-refractivity contribution in [3.05, 3.63) is 35.6 Å². The van der Waals surface area contributed by atoms with Crippen molar-refractivity contribution in [1.29, 1.82) is 0 Å². The zero-order chi connectivity index (χ0) is 12.4. The van der Waals surface area contributed by atoms with Gasteiger partial charge in [0.25, 0.3) is 0 Å². The smallest absolute Gasteiger partial charge is 0.372 e. The molecule has 0 unspecified atom stereocenters. The first-order valence-corrected chi connectivity index (χ1v) is 5.24. The second kappa shape index (κ2) is 4.57. The molecule has 0 aliphatic heterocycles. The number of rotatable bonds is 4. The van der Waals surface area contributed by atoms with Crippen LogP contribution in [0.4, 0.5) is 0 Å². The summed E-state index contributed by atoms with van der Waals surface area (Å²) in [5.74, 6) is -1.04. The molecule has 1 heterocycles. The third-order valence-corrected chi connectivity index (χ3v) is 2.46. The van der Waals surface area contributed by atoms with Crippen LogP contribution in [0.2, 0.25) is 0 Å². The number of hydrogen-bond acceptors (Lipinski definition) is 4. The van der Waals surface area contributed by atoms with E-state index in [1.165, 1.54) is 0 Å².